The number of rotatable bonds is 7. The molecule has 0 saturated carbocycles. The molecule has 0 saturated heterocycles. The first-order valence-electron chi connectivity index (χ1n) is 7.59. The van der Waals surface area contributed by atoms with Crippen LogP contribution >= 0.6 is 11.6 Å². The van der Waals surface area contributed by atoms with Crippen LogP contribution in [0.3, 0.4) is 0 Å². The fourth-order valence-corrected chi connectivity index (χ4v) is 2.33. The van der Waals surface area contributed by atoms with E-state index in [4.69, 9.17) is 22.2 Å². The fraction of sp³-hybridized carbons (Fsp3) is 0.222. The van der Waals surface area contributed by atoms with E-state index in [0.29, 0.717) is 23.0 Å². The molecule has 0 radical (unpaired) electrons. The number of carbonyl (C=O) groups is 1. The molecule has 0 unspecified atom stereocenters. The van der Waals surface area contributed by atoms with E-state index in [1.54, 1.807) is 12.1 Å². The van der Waals surface area contributed by atoms with Crippen LogP contribution in [0.2, 0.25) is 5.02 Å². The van der Waals surface area contributed by atoms with Gasteiger partial charge in [-0.1, -0.05) is 53.2 Å². The third-order valence-corrected chi connectivity index (χ3v) is 3.60. The molecule has 2 aromatic rings. The molecule has 5 nitrogen and oxygen atoms in total. The smallest absolute Gasteiger partial charge is 0.265 e. The lowest BCUT2D eigenvalue weighted by atomic mass is 10.1. The molecule has 2 rings (SSSR count). The molecule has 0 aliphatic carbocycles. The molecule has 6 heteroatoms. The summed E-state index contributed by atoms with van der Waals surface area (Å²) < 4.78 is 0. The van der Waals surface area contributed by atoms with Gasteiger partial charge in [-0.05, 0) is 36.6 Å². The van der Waals surface area contributed by atoms with Crippen LogP contribution in [0, 0.1) is 6.92 Å². The topological polar surface area (TPSA) is 76.7 Å². The molecular weight excluding hydrogens is 326 g/mol. The summed E-state index contributed by atoms with van der Waals surface area (Å²) in [6, 6.07) is 15.3. The van der Waals surface area contributed by atoms with Crippen molar-refractivity contribution < 1.29 is 9.63 Å². The minimum absolute atomic E-state index is 0.226. The average Bonchev–Trinajstić information content (AvgIpc) is 2.56. The number of amidine groups is 1. The molecule has 0 aromatic heterocycles. The number of nitrogens with two attached hydrogens (primary N) is 1. The summed E-state index contributed by atoms with van der Waals surface area (Å²) in [7, 11) is 0. The third-order valence-electron chi connectivity index (χ3n) is 3.29. The van der Waals surface area contributed by atoms with E-state index in [1.807, 2.05) is 43.3 Å². The number of aryl methyl sites for hydroxylation is 2. The SMILES string of the molecule is Cc1ccc(NC(=O)CO/N=C(\N)CCc2ccccc2)c(Cl)c1. The Kier molecular flexibility index (Phi) is 6.63. The second-order valence-electron chi connectivity index (χ2n) is 5.37. The Balaban J connectivity index is 1.74. The Bertz CT molecular complexity index is 717. The minimum atomic E-state index is -0.347. The van der Waals surface area contributed by atoms with E-state index in [0.717, 1.165) is 12.0 Å². The molecule has 0 bridgehead atoms. The lowest BCUT2D eigenvalue weighted by Crippen LogP contribution is -2.19. The highest BCUT2D eigenvalue weighted by Crippen LogP contribution is 2.22. The number of halogens is 1. The van der Waals surface area contributed by atoms with E-state index in [9.17, 15) is 4.79 Å². The second kappa shape index (κ2) is 8.93. The molecule has 0 aliphatic rings. The predicted molar refractivity (Wildman–Crippen MR) is 97.2 cm³/mol. The summed E-state index contributed by atoms with van der Waals surface area (Å²) in [6.07, 6.45) is 1.33. The number of anilines is 1. The zero-order valence-electron chi connectivity index (χ0n) is 13.5. The van der Waals surface area contributed by atoms with Gasteiger partial charge in [0.1, 0.15) is 5.84 Å². The molecule has 0 fully saturated rings. The van der Waals surface area contributed by atoms with Gasteiger partial charge in [-0.3, -0.25) is 4.79 Å². The quantitative estimate of drug-likeness (QED) is 0.458. The maximum Gasteiger partial charge on any atom is 0.265 e. The molecule has 24 heavy (non-hydrogen) atoms. The van der Waals surface area contributed by atoms with Crippen molar-refractivity contribution >= 4 is 29.0 Å². The first-order chi connectivity index (χ1) is 11.5. The van der Waals surface area contributed by atoms with Crippen molar-refractivity contribution in [1.82, 2.24) is 0 Å². The van der Waals surface area contributed by atoms with Gasteiger partial charge in [-0.2, -0.15) is 0 Å². The molecule has 3 N–H and O–H groups in total. The van der Waals surface area contributed by atoms with Crippen LogP contribution < -0.4 is 11.1 Å². The first-order valence-corrected chi connectivity index (χ1v) is 7.96. The molecule has 0 atom stereocenters. The maximum atomic E-state index is 11.8. The molecule has 2 aromatic carbocycles. The molecule has 0 heterocycles. The van der Waals surface area contributed by atoms with Gasteiger partial charge in [0.15, 0.2) is 6.61 Å². The Labute approximate surface area is 146 Å². The molecular formula is C18H20ClN3O2. The number of benzene rings is 2. The van der Waals surface area contributed by atoms with Gasteiger partial charge >= 0.3 is 0 Å². The van der Waals surface area contributed by atoms with Crippen molar-refractivity contribution in [2.45, 2.75) is 19.8 Å². The summed E-state index contributed by atoms with van der Waals surface area (Å²) in [6.45, 7) is 1.70. The number of amides is 1. The third kappa shape index (κ3) is 5.93. The van der Waals surface area contributed by atoms with Crippen LogP contribution in [-0.4, -0.2) is 18.3 Å². The largest absolute Gasteiger partial charge is 0.384 e. The van der Waals surface area contributed by atoms with Gasteiger partial charge in [0.2, 0.25) is 0 Å². The Hall–Kier alpha value is -2.53. The minimum Gasteiger partial charge on any atom is -0.384 e. The Morgan fingerprint density at radius 2 is 2.00 bits per heavy atom. The van der Waals surface area contributed by atoms with Gasteiger partial charge < -0.3 is 15.9 Å². The van der Waals surface area contributed by atoms with Crippen LogP contribution in [0.15, 0.2) is 53.7 Å². The van der Waals surface area contributed by atoms with Crippen molar-refractivity contribution in [2.75, 3.05) is 11.9 Å². The number of oxime groups is 1. The number of nitrogens with one attached hydrogen (secondary N) is 1. The lowest BCUT2D eigenvalue weighted by molar-refractivity contribution is -0.120. The van der Waals surface area contributed by atoms with Crippen LogP contribution in [0.4, 0.5) is 5.69 Å². The Morgan fingerprint density at radius 1 is 1.25 bits per heavy atom. The van der Waals surface area contributed by atoms with Crippen LogP contribution in [0.25, 0.3) is 0 Å². The zero-order chi connectivity index (χ0) is 17.4. The highest BCUT2D eigenvalue weighted by atomic mass is 35.5. The first kappa shape index (κ1) is 17.8. The number of hydrogen-bond acceptors (Lipinski definition) is 3. The summed E-state index contributed by atoms with van der Waals surface area (Å²) in [5.74, 6) is 0.000355. The van der Waals surface area contributed by atoms with Crippen molar-refractivity contribution in [3.63, 3.8) is 0 Å². The fourth-order valence-electron chi connectivity index (χ4n) is 2.04. The summed E-state index contributed by atoms with van der Waals surface area (Å²) in [5, 5.41) is 6.90. The van der Waals surface area contributed by atoms with E-state index in [1.165, 1.54) is 5.56 Å². The number of nitrogens with zero attached hydrogens (tertiary/aromatic N) is 1. The van der Waals surface area contributed by atoms with Crippen molar-refractivity contribution in [1.29, 1.82) is 0 Å². The molecule has 126 valence electrons. The van der Waals surface area contributed by atoms with Crippen molar-refractivity contribution in [3.05, 3.63) is 64.7 Å². The van der Waals surface area contributed by atoms with E-state index >= 15 is 0 Å². The summed E-state index contributed by atoms with van der Waals surface area (Å²) >= 11 is 6.05. The van der Waals surface area contributed by atoms with E-state index in [2.05, 4.69) is 10.5 Å². The monoisotopic (exact) mass is 345 g/mol. The van der Waals surface area contributed by atoms with E-state index in [-0.39, 0.29) is 12.5 Å². The lowest BCUT2D eigenvalue weighted by Gasteiger charge is -2.07. The van der Waals surface area contributed by atoms with Gasteiger partial charge in [-0.15, -0.1) is 0 Å². The summed E-state index contributed by atoms with van der Waals surface area (Å²) in [4.78, 5) is 16.8. The van der Waals surface area contributed by atoms with Gasteiger partial charge in [-0.25, -0.2) is 0 Å². The highest BCUT2D eigenvalue weighted by molar-refractivity contribution is 6.33. The summed E-state index contributed by atoms with van der Waals surface area (Å²) in [5.41, 5.74) is 8.50. The van der Waals surface area contributed by atoms with Gasteiger partial charge in [0, 0.05) is 6.42 Å². The van der Waals surface area contributed by atoms with Crippen molar-refractivity contribution in [2.24, 2.45) is 10.9 Å². The van der Waals surface area contributed by atoms with Crippen LogP contribution in [0.5, 0.6) is 0 Å². The molecule has 1 amide bonds. The maximum absolute atomic E-state index is 11.8. The Morgan fingerprint density at radius 3 is 2.71 bits per heavy atom. The molecule has 0 spiro atoms. The second-order valence-corrected chi connectivity index (χ2v) is 5.78. The predicted octanol–water partition coefficient (Wildman–Crippen LogP) is 3.51. The average molecular weight is 346 g/mol. The standard InChI is InChI=1S/C18H20ClN3O2/c1-13-7-9-16(15(19)11-13)21-18(23)12-24-22-17(20)10-8-14-5-3-2-4-6-14/h2-7,9,11H,8,10,12H2,1H3,(H2,20,22)(H,21,23). The van der Waals surface area contributed by atoms with Gasteiger partial charge in [0.05, 0.1) is 10.7 Å². The normalized spacial score (nSPS) is 11.2. The molecule has 0 aliphatic heterocycles. The zero-order valence-corrected chi connectivity index (χ0v) is 14.2. The van der Waals surface area contributed by atoms with Gasteiger partial charge in [0.25, 0.3) is 5.91 Å². The number of carbonyl (C=O) groups excluding carboxylic acids is 1. The van der Waals surface area contributed by atoms with E-state index < -0.39 is 0 Å². The van der Waals surface area contributed by atoms with Crippen LogP contribution in [-0.2, 0) is 16.1 Å². The van der Waals surface area contributed by atoms with Crippen LogP contribution in [0.1, 0.15) is 17.5 Å². The van der Waals surface area contributed by atoms with Crippen molar-refractivity contribution in [3.8, 4) is 0 Å². The highest BCUT2D eigenvalue weighted by Gasteiger charge is 2.06. The number of hydrogen-bond donors (Lipinski definition) is 2.